The lowest BCUT2D eigenvalue weighted by atomic mass is 10.1. The molecule has 2 heterocycles. The van der Waals surface area contributed by atoms with Crippen LogP contribution in [-0.2, 0) is 13.1 Å². The van der Waals surface area contributed by atoms with Crippen molar-refractivity contribution in [1.82, 2.24) is 0 Å². The lowest BCUT2D eigenvalue weighted by molar-refractivity contribution is -0.668. The normalized spacial score (nSPS) is 10.5. The summed E-state index contributed by atoms with van der Waals surface area (Å²) in [5.74, 6) is 0.234. The van der Waals surface area contributed by atoms with Gasteiger partial charge in [-0.05, 0) is 58.0 Å². The highest BCUT2D eigenvalue weighted by Gasteiger charge is 2.14. The number of Topliss-reactive ketones (excluding diaryl/α,β-unsaturated/α-hetero) is 2. The highest BCUT2D eigenvalue weighted by atomic mass is 16.1. The van der Waals surface area contributed by atoms with Crippen molar-refractivity contribution < 1.29 is 18.7 Å². The van der Waals surface area contributed by atoms with E-state index in [9.17, 15) is 9.59 Å². The van der Waals surface area contributed by atoms with Crippen LogP contribution in [0.4, 0.5) is 0 Å². The van der Waals surface area contributed by atoms with Gasteiger partial charge in [0.1, 0.15) is 13.1 Å². The van der Waals surface area contributed by atoms with Crippen molar-refractivity contribution in [3.8, 4) is 0 Å². The van der Waals surface area contributed by atoms with Crippen molar-refractivity contribution in [2.75, 3.05) is 0 Å². The van der Waals surface area contributed by atoms with Gasteiger partial charge in [0.2, 0.25) is 11.0 Å². The number of carbonyl (C=O) groups excluding carboxylic acids is 2. The topological polar surface area (TPSA) is 41.9 Å². The number of aromatic nitrogens is 2. The summed E-state index contributed by atoms with van der Waals surface area (Å²) < 4.78 is 4.24. The molecular weight excluding hydrogens is 372 g/mol. The molecule has 0 bridgehead atoms. The van der Waals surface area contributed by atoms with E-state index >= 15 is 0 Å². The van der Waals surface area contributed by atoms with Gasteiger partial charge in [0, 0.05) is 34.5 Å². The van der Waals surface area contributed by atoms with E-state index in [4.69, 9.17) is 0 Å². The Morgan fingerprint density at radius 2 is 1.37 bits per heavy atom. The van der Waals surface area contributed by atoms with Gasteiger partial charge in [0.05, 0.1) is 5.56 Å². The van der Waals surface area contributed by atoms with Crippen LogP contribution in [-0.4, -0.2) is 11.6 Å². The molecule has 4 nitrogen and oxygen atoms in total. The van der Waals surface area contributed by atoms with E-state index in [-0.39, 0.29) is 11.6 Å². The Kier molecular flexibility index (Phi) is 6.68. The number of hydrogen-bond acceptors (Lipinski definition) is 2. The monoisotopic (exact) mass is 400 g/mol. The number of aryl methyl sites for hydroxylation is 2. The first-order valence-corrected chi connectivity index (χ1v) is 10.3. The van der Waals surface area contributed by atoms with Gasteiger partial charge in [-0.25, -0.2) is 0 Å². The predicted octanol–water partition coefficient (Wildman–Crippen LogP) is 4.70. The molecule has 0 radical (unpaired) electrons. The zero-order valence-corrected chi connectivity index (χ0v) is 18.1. The molecule has 0 aliphatic rings. The fourth-order valence-corrected chi connectivity index (χ4v) is 3.65. The van der Waals surface area contributed by atoms with Crippen LogP contribution < -0.4 is 9.13 Å². The quantitative estimate of drug-likeness (QED) is 0.368. The summed E-state index contributed by atoms with van der Waals surface area (Å²) in [6.45, 7) is 9.18. The second kappa shape index (κ2) is 9.40. The van der Waals surface area contributed by atoms with Gasteiger partial charge in [0.15, 0.2) is 24.0 Å². The Balaban J connectivity index is 0.000000171. The zero-order chi connectivity index (χ0) is 21.7. The molecule has 2 aromatic heterocycles. The highest BCUT2D eigenvalue weighted by molar-refractivity contribution is 6.04. The van der Waals surface area contributed by atoms with Gasteiger partial charge < -0.3 is 0 Å². The second-order valence-electron chi connectivity index (χ2n) is 7.22. The molecule has 0 saturated carbocycles. The lowest BCUT2D eigenvalue weighted by Crippen LogP contribution is -2.33. The van der Waals surface area contributed by atoms with Crippen LogP contribution in [0.1, 0.15) is 48.4 Å². The molecule has 0 aliphatic carbocycles. The Labute approximate surface area is 177 Å². The molecule has 0 amide bonds. The predicted molar refractivity (Wildman–Crippen MR) is 120 cm³/mol. The van der Waals surface area contributed by atoms with Crippen LogP contribution in [0.5, 0.6) is 0 Å². The number of fused-ring (bicyclic) bond motifs is 2. The largest absolute Gasteiger partial charge is 0.295 e. The van der Waals surface area contributed by atoms with Crippen molar-refractivity contribution in [1.29, 1.82) is 0 Å². The first-order chi connectivity index (χ1) is 14.5. The number of rotatable bonds is 4. The van der Waals surface area contributed by atoms with Crippen LogP contribution in [0.3, 0.4) is 0 Å². The Bertz CT molecular complexity index is 1220. The van der Waals surface area contributed by atoms with Gasteiger partial charge in [-0.2, -0.15) is 9.13 Å². The summed E-state index contributed by atoms with van der Waals surface area (Å²) in [7, 11) is 0. The van der Waals surface area contributed by atoms with Crippen molar-refractivity contribution in [2.45, 2.75) is 40.8 Å². The summed E-state index contributed by atoms with van der Waals surface area (Å²) in [5.41, 5.74) is 3.73. The minimum absolute atomic E-state index is 0.114. The molecule has 0 atom stereocenters. The van der Waals surface area contributed by atoms with Gasteiger partial charge >= 0.3 is 0 Å². The van der Waals surface area contributed by atoms with Crippen molar-refractivity contribution in [3.05, 3.63) is 84.2 Å². The molecule has 30 heavy (non-hydrogen) atoms. The summed E-state index contributed by atoms with van der Waals surface area (Å²) in [4.78, 5) is 22.8. The van der Waals surface area contributed by atoms with E-state index in [2.05, 4.69) is 29.0 Å². The summed E-state index contributed by atoms with van der Waals surface area (Å²) >= 11 is 0. The van der Waals surface area contributed by atoms with E-state index in [0.717, 1.165) is 40.6 Å². The van der Waals surface area contributed by atoms with E-state index in [1.165, 1.54) is 5.39 Å². The first-order valence-electron chi connectivity index (χ1n) is 10.3. The average Bonchev–Trinajstić information content (AvgIpc) is 2.77. The summed E-state index contributed by atoms with van der Waals surface area (Å²) in [6, 6.07) is 19.8. The first kappa shape index (κ1) is 21.3. The molecule has 4 aromatic rings. The smallest absolute Gasteiger partial charge is 0.223 e. The molecular formula is C26H28N2O2+2. The Morgan fingerprint density at radius 3 is 2.00 bits per heavy atom. The summed E-state index contributed by atoms with van der Waals surface area (Å²) in [6.07, 6.45) is 4.04. The van der Waals surface area contributed by atoms with Crippen molar-refractivity contribution in [2.24, 2.45) is 0 Å². The summed E-state index contributed by atoms with van der Waals surface area (Å²) in [5, 5.41) is 2.29. The maximum absolute atomic E-state index is 11.5. The lowest BCUT2D eigenvalue weighted by Gasteiger charge is -2.02. The molecule has 0 unspecified atom stereocenters. The molecule has 0 aliphatic heterocycles. The third-order valence-corrected chi connectivity index (χ3v) is 5.25. The van der Waals surface area contributed by atoms with Gasteiger partial charge in [-0.3, -0.25) is 9.59 Å². The Hall–Kier alpha value is -3.40. The number of pyridine rings is 2. The van der Waals surface area contributed by atoms with Crippen molar-refractivity contribution >= 4 is 33.4 Å². The van der Waals surface area contributed by atoms with Crippen molar-refractivity contribution in [3.63, 3.8) is 0 Å². The number of benzene rings is 2. The van der Waals surface area contributed by atoms with Crippen LogP contribution in [0, 0.1) is 0 Å². The molecule has 2 aromatic carbocycles. The van der Waals surface area contributed by atoms with Crippen LogP contribution in [0.2, 0.25) is 0 Å². The van der Waals surface area contributed by atoms with E-state index < -0.39 is 0 Å². The van der Waals surface area contributed by atoms with Gasteiger partial charge in [-0.15, -0.1) is 0 Å². The molecule has 152 valence electrons. The molecule has 0 spiro atoms. The molecule has 4 rings (SSSR count). The fraction of sp³-hybridized carbons (Fsp3) is 0.231. The zero-order valence-electron chi connectivity index (χ0n) is 18.1. The third kappa shape index (κ3) is 4.43. The number of hydrogen-bond donors (Lipinski definition) is 0. The minimum Gasteiger partial charge on any atom is -0.295 e. The fourth-order valence-electron chi connectivity index (χ4n) is 3.65. The highest BCUT2D eigenvalue weighted by Crippen LogP contribution is 2.15. The van der Waals surface area contributed by atoms with Gasteiger partial charge in [-0.1, -0.05) is 12.1 Å². The molecule has 0 fully saturated rings. The Morgan fingerprint density at radius 1 is 0.733 bits per heavy atom. The SMILES string of the molecule is CC[n+]1cccc2ccc(C(C)=O)cc21.CC[n+]1cccc2cccc(C(C)=O)c21. The molecule has 4 heteroatoms. The van der Waals surface area contributed by atoms with Gasteiger partial charge in [0.25, 0.3) is 0 Å². The maximum atomic E-state index is 11.5. The van der Waals surface area contributed by atoms with E-state index in [1.807, 2.05) is 67.0 Å². The number of ketones is 2. The van der Waals surface area contributed by atoms with Crippen LogP contribution >= 0.6 is 0 Å². The molecule has 0 saturated heterocycles. The minimum atomic E-state index is 0.114. The average molecular weight is 401 g/mol. The third-order valence-electron chi connectivity index (χ3n) is 5.25. The number of para-hydroxylation sites is 1. The number of nitrogens with zero attached hydrogens (tertiary/aromatic N) is 2. The molecule has 0 N–H and O–H groups in total. The van der Waals surface area contributed by atoms with Crippen LogP contribution in [0.15, 0.2) is 73.1 Å². The van der Waals surface area contributed by atoms with E-state index in [0.29, 0.717) is 0 Å². The van der Waals surface area contributed by atoms with E-state index in [1.54, 1.807) is 13.8 Å². The second-order valence-corrected chi connectivity index (χ2v) is 7.22. The maximum Gasteiger partial charge on any atom is 0.223 e. The van der Waals surface area contributed by atoms with Crippen LogP contribution in [0.25, 0.3) is 21.8 Å². The number of carbonyl (C=O) groups is 2. The standard InChI is InChI=1S/2C13H14NO/c1-3-14-9-5-7-11-6-4-8-12(10(2)15)13(11)14;1-3-14-8-4-5-11-6-7-12(10(2)15)9-13(11)14/h2*4-9H,3H2,1-2H3/q2*+1.